The van der Waals surface area contributed by atoms with Crippen molar-refractivity contribution in [2.75, 3.05) is 0 Å². The Hall–Kier alpha value is -3.47. The van der Waals surface area contributed by atoms with E-state index < -0.39 is 16.7 Å². The lowest BCUT2D eigenvalue weighted by molar-refractivity contribution is -0.385. The number of aryl methyl sites for hydroxylation is 2. The summed E-state index contributed by atoms with van der Waals surface area (Å²) in [6.45, 7) is 3.50. The quantitative estimate of drug-likeness (QED) is 0.203. The molecule has 2 amide bonds. The molecule has 0 saturated carbocycles. The van der Waals surface area contributed by atoms with Gasteiger partial charge in [-0.25, -0.2) is 0 Å². The minimum Gasteiger partial charge on any atom is -0.457 e. The van der Waals surface area contributed by atoms with Crippen molar-refractivity contribution in [3.8, 4) is 11.3 Å². The fourth-order valence-corrected chi connectivity index (χ4v) is 4.68. The van der Waals surface area contributed by atoms with Crippen LogP contribution in [0.15, 0.2) is 57.9 Å². The predicted octanol–water partition coefficient (Wildman–Crippen LogP) is 5.67. The average Bonchev–Trinajstić information content (AvgIpc) is 3.34. The van der Waals surface area contributed by atoms with Crippen molar-refractivity contribution in [2.45, 2.75) is 13.8 Å². The monoisotopic (exact) mass is 513 g/mol. The number of benzene rings is 2. The van der Waals surface area contributed by atoms with Gasteiger partial charge < -0.3 is 4.42 Å². The molecule has 1 aliphatic heterocycles. The maximum absolute atomic E-state index is 12.8. The zero-order valence-corrected chi connectivity index (χ0v) is 20.2. The second kappa shape index (κ2) is 9.41. The summed E-state index contributed by atoms with van der Waals surface area (Å²) in [6.07, 6.45) is 1.50. The van der Waals surface area contributed by atoms with Gasteiger partial charge in [0.1, 0.15) is 11.5 Å². The van der Waals surface area contributed by atoms with Crippen LogP contribution in [0.4, 0.5) is 5.69 Å². The van der Waals surface area contributed by atoms with Gasteiger partial charge in [0.15, 0.2) is 4.32 Å². The molecule has 8 nitrogen and oxygen atoms in total. The molecule has 1 saturated heterocycles. The van der Waals surface area contributed by atoms with Crippen molar-refractivity contribution in [1.82, 2.24) is 10.4 Å². The highest BCUT2D eigenvalue weighted by atomic mass is 35.5. The summed E-state index contributed by atoms with van der Waals surface area (Å²) in [5, 5.41) is 12.5. The van der Waals surface area contributed by atoms with Crippen molar-refractivity contribution in [3.63, 3.8) is 0 Å². The van der Waals surface area contributed by atoms with E-state index in [2.05, 4.69) is 5.43 Å². The molecule has 1 aliphatic rings. The summed E-state index contributed by atoms with van der Waals surface area (Å²) in [5.74, 6) is -0.321. The number of amides is 2. The molecule has 0 radical (unpaired) electrons. The van der Waals surface area contributed by atoms with Crippen LogP contribution in [0.3, 0.4) is 0 Å². The van der Waals surface area contributed by atoms with E-state index in [-0.39, 0.29) is 25.5 Å². The minimum atomic E-state index is -0.566. The highest BCUT2D eigenvalue weighted by Crippen LogP contribution is 2.34. The lowest BCUT2D eigenvalue weighted by Gasteiger charge is -2.16. The number of carbonyl (C=O) groups excluding carboxylic acids is 2. The molecule has 11 heteroatoms. The Morgan fingerprint density at radius 2 is 1.97 bits per heavy atom. The van der Waals surface area contributed by atoms with Crippen LogP contribution in [-0.4, -0.2) is 26.1 Å². The topological polar surface area (TPSA) is 106 Å². The van der Waals surface area contributed by atoms with Gasteiger partial charge in [0.05, 0.1) is 20.4 Å². The van der Waals surface area contributed by atoms with E-state index in [1.165, 1.54) is 12.1 Å². The normalized spacial score (nSPS) is 14.7. The first-order valence-corrected chi connectivity index (χ1v) is 11.4. The molecule has 1 fully saturated rings. The molecule has 2 aromatic carbocycles. The molecule has 0 atom stereocenters. The molecule has 1 N–H and O–H groups in total. The van der Waals surface area contributed by atoms with Gasteiger partial charge in [-0.05, 0) is 55.9 Å². The first-order chi connectivity index (χ1) is 16.1. The van der Waals surface area contributed by atoms with Gasteiger partial charge in [-0.15, -0.1) is 0 Å². The number of thiocarbonyl (C=S) groups is 1. The molecule has 3 aromatic rings. The Kier molecular flexibility index (Phi) is 6.56. The Bertz CT molecular complexity index is 1400. The zero-order chi connectivity index (χ0) is 24.6. The Balaban J connectivity index is 1.53. The number of nitrogens with zero attached hydrogens (tertiary/aromatic N) is 2. The maximum atomic E-state index is 12.8. The molecule has 172 valence electrons. The largest absolute Gasteiger partial charge is 0.457 e. The van der Waals surface area contributed by atoms with Crippen molar-refractivity contribution < 1.29 is 18.9 Å². The number of hydrogen-bond donors (Lipinski definition) is 1. The number of rotatable bonds is 5. The fourth-order valence-electron chi connectivity index (χ4n) is 3.20. The van der Waals surface area contributed by atoms with Crippen LogP contribution < -0.4 is 5.43 Å². The predicted molar refractivity (Wildman–Crippen MR) is 134 cm³/mol. The van der Waals surface area contributed by atoms with Gasteiger partial charge in [0.2, 0.25) is 0 Å². The Labute approximate surface area is 208 Å². The number of halogens is 1. The van der Waals surface area contributed by atoms with E-state index in [4.69, 9.17) is 28.2 Å². The van der Waals surface area contributed by atoms with E-state index in [0.29, 0.717) is 22.6 Å². The van der Waals surface area contributed by atoms with E-state index in [0.717, 1.165) is 22.3 Å². The van der Waals surface area contributed by atoms with E-state index >= 15 is 0 Å². The number of nitro groups is 1. The molecule has 34 heavy (non-hydrogen) atoms. The third-order valence-electron chi connectivity index (χ3n) is 4.97. The minimum absolute atomic E-state index is 0.0132. The lowest BCUT2D eigenvalue weighted by Crippen LogP contribution is -2.44. The molecular weight excluding hydrogens is 498 g/mol. The summed E-state index contributed by atoms with van der Waals surface area (Å²) >= 11 is 12.4. The molecule has 0 aliphatic carbocycles. The Morgan fingerprint density at radius 3 is 2.68 bits per heavy atom. The van der Waals surface area contributed by atoms with Gasteiger partial charge in [0.25, 0.3) is 17.5 Å². The molecule has 0 unspecified atom stereocenters. The van der Waals surface area contributed by atoms with Crippen molar-refractivity contribution in [1.29, 1.82) is 0 Å². The number of nitrogens with one attached hydrogen (secondary N) is 1. The van der Waals surface area contributed by atoms with E-state index in [1.54, 1.807) is 49.4 Å². The van der Waals surface area contributed by atoms with Crippen molar-refractivity contribution in [3.05, 3.63) is 91.0 Å². The SMILES string of the molecule is Cc1ccc(C(=O)NN2C(=O)/C(=C\c3ccc(-c4ccc(C)c([N+](=O)[O-])c4)o3)SC2=S)c(Cl)c1. The second-order valence-corrected chi connectivity index (χ2v) is 9.48. The summed E-state index contributed by atoms with van der Waals surface area (Å²) in [6, 6.07) is 13.0. The van der Waals surface area contributed by atoms with Crippen LogP contribution in [0.25, 0.3) is 17.4 Å². The highest BCUT2D eigenvalue weighted by molar-refractivity contribution is 8.26. The van der Waals surface area contributed by atoms with E-state index in [9.17, 15) is 19.7 Å². The first kappa shape index (κ1) is 23.7. The van der Waals surface area contributed by atoms with Crippen LogP contribution in [0.5, 0.6) is 0 Å². The molecular formula is C23H16ClN3O5S2. The number of furan rings is 1. The smallest absolute Gasteiger partial charge is 0.285 e. The van der Waals surface area contributed by atoms with E-state index in [1.807, 2.05) is 6.92 Å². The highest BCUT2D eigenvalue weighted by Gasteiger charge is 2.34. The second-order valence-electron chi connectivity index (χ2n) is 7.40. The summed E-state index contributed by atoms with van der Waals surface area (Å²) < 4.78 is 5.92. The standard InChI is InChI=1S/C23H16ClN3O5S2/c1-12-3-7-16(17(24)9-12)21(28)25-26-22(29)20(34-23(26)33)11-15-6-8-19(32-15)14-5-4-13(2)18(10-14)27(30)31/h3-11H,1-2H3,(H,25,28)/b20-11+. The number of thioether (sulfide) groups is 1. The van der Waals surface area contributed by atoms with Gasteiger partial charge in [0, 0.05) is 23.3 Å². The van der Waals surface area contributed by atoms with Crippen molar-refractivity contribution >= 4 is 63.5 Å². The Morgan fingerprint density at radius 1 is 1.21 bits per heavy atom. The molecule has 1 aromatic heterocycles. The summed E-state index contributed by atoms with van der Waals surface area (Å²) in [7, 11) is 0. The zero-order valence-electron chi connectivity index (χ0n) is 17.8. The van der Waals surface area contributed by atoms with Crippen LogP contribution in [-0.2, 0) is 4.79 Å². The van der Waals surface area contributed by atoms with Crippen molar-refractivity contribution in [2.24, 2.45) is 0 Å². The van der Waals surface area contributed by atoms with Gasteiger partial charge in [-0.1, -0.05) is 41.6 Å². The van der Waals surface area contributed by atoms with Crippen LogP contribution >= 0.6 is 35.6 Å². The fraction of sp³-hybridized carbons (Fsp3) is 0.0870. The third kappa shape index (κ3) is 4.74. The molecule has 2 heterocycles. The maximum Gasteiger partial charge on any atom is 0.285 e. The van der Waals surface area contributed by atoms with Gasteiger partial charge >= 0.3 is 0 Å². The molecule has 4 rings (SSSR count). The molecule has 0 bridgehead atoms. The lowest BCUT2D eigenvalue weighted by atomic mass is 10.1. The number of nitro benzene ring substituents is 1. The van der Waals surface area contributed by atoms with Crippen LogP contribution in [0.1, 0.15) is 27.2 Å². The number of carbonyl (C=O) groups is 2. The number of hydrogen-bond acceptors (Lipinski definition) is 7. The third-order valence-corrected chi connectivity index (χ3v) is 6.58. The summed E-state index contributed by atoms with van der Waals surface area (Å²) in [5.41, 5.74) is 4.66. The average molecular weight is 514 g/mol. The van der Waals surface area contributed by atoms with Gasteiger partial charge in [-0.2, -0.15) is 5.01 Å². The number of hydrazine groups is 1. The van der Waals surface area contributed by atoms with Gasteiger partial charge in [-0.3, -0.25) is 25.1 Å². The summed E-state index contributed by atoms with van der Waals surface area (Å²) in [4.78, 5) is 36.5. The van der Waals surface area contributed by atoms with Crippen LogP contribution in [0.2, 0.25) is 5.02 Å². The van der Waals surface area contributed by atoms with Crippen LogP contribution in [0, 0.1) is 24.0 Å². The molecule has 0 spiro atoms. The first-order valence-electron chi connectivity index (χ1n) is 9.84.